The summed E-state index contributed by atoms with van der Waals surface area (Å²) in [5.41, 5.74) is 0.848. The molecular weight excluding hydrogens is 216 g/mol. The number of furan rings is 2. The van der Waals surface area contributed by atoms with Crippen LogP contribution in [0, 0.1) is 0 Å². The Hall–Kier alpha value is -2.23. The van der Waals surface area contributed by atoms with Crippen molar-refractivity contribution < 1.29 is 8.83 Å². The predicted octanol–water partition coefficient (Wildman–Crippen LogP) is 3.08. The first-order chi connectivity index (χ1) is 8.43. The number of aromatic nitrogens is 1. The van der Waals surface area contributed by atoms with E-state index < -0.39 is 0 Å². The maximum Gasteiger partial charge on any atom is 0.139 e. The van der Waals surface area contributed by atoms with Crippen LogP contribution in [0.25, 0.3) is 11.0 Å². The van der Waals surface area contributed by atoms with E-state index in [0.29, 0.717) is 0 Å². The van der Waals surface area contributed by atoms with Crippen molar-refractivity contribution in [3.8, 4) is 0 Å². The van der Waals surface area contributed by atoms with E-state index >= 15 is 0 Å². The largest absolute Gasteiger partial charge is 0.469 e. The van der Waals surface area contributed by atoms with Gasteiger partial charge in [-0.15, -0.1) is 0 Å². The average molecular weight is 228 g/mol. The molecule has 0 aliphatic heterocycles. The maximum absolute atomic E-state index is 5.31. The third-order valence-electron chi connectivity index (χ3n) is 2.62. The van der Waals surface area contributed by atoms with Crippen LogP contribution in [0.4, 0.5) is 5.82 Å². The fraction of sp³-hybridized carbons (Fsp3) is 0.154. The number of pyridine rings is 1. The van der Waals surface area contributed by atoms with Crippen LogP contribution in [0.5, 0.6) is 0 Å². The highest BCUT2D eigenvalue weighted by Gasteiger charge is 2.04. The second-order valence-electron chi connectivity index (χ2n) is 3.75. The Morgan fingerprint density at radius 2 is 2.12 bits per heavy atom. The fourth-order valence-corrected chi connectivity index (χ4v) is 1.79. The van der Waals surface area contributed by atoms with Crippen LogP contribution in [0.3, 0.4) is 0 Å². The first-order valence-corrected chi connectivity index (χ1v) is 5.52. The van der Waals surface area contributed by atoms with Crippen molar-refractivity contribution in [2.24, 2.45) is 0 Å². The maximum atomic E-state index is 5.31. The Labute approximate surface area is 98.3 Å². The van der Waals surface area contributed by atoms with Crippen molar-refractivity contribution in [1.29, 1.82) is 0 Å². The monoisotopic (exact) mass is 228 g/mol. The van der Waals surface area contributed by atoms with E-state index in [2.05, 4.69) is 10.3 Å². The summed E-state index contributed by atoms with van der Waals surface area (Å²) in [5, 5.41) is 4.29. The van der Waals surface area contributed by atoms with Gasteiger partial charge in [0.05, 0.1) is 17.9 Å². The Kier molecular flexibility index (Phi) is 2.54. The van der Waals surface area contributed by atoms with Gasteiger partial charge in [0.25, 0.3) is 0 Å². The Balaban J connectivity index is 1.70. The van der Waals surface area contributed by atoms with Gasteiger partial charge in [-0.05, 0) is 24.3 Å². The molecule has 0 saturated carbocycles. The van der Waals surface area contributed by atoms with Gasteiger partial charge in [-0.2, -0.15) is 0 Å². The molecule has 0 radical (unpaired) electrons. The first-order valence-electron chi connectivity index (χ1n) is 5.52. The topological polar surface area (TPSA) is 51.2 Å². The molecule has 17 heavy (non-hydrogen) atoms. The van der Waals surface area contributed by atoms with Crippen molar-refractivity contribution >= 4 is 16.8 Å². The molecule has 4 heteroatoms. The molecule has 0 unspecified atom stereocenters. The van der Waals surface area contributed by atoms with Gasteiger partial charge in [-0.25, -0.2) is 4.98 Å². The quantitative estimate of drug-likeness (QED) is 0.745. The van der Waals surface area contributed by atoms with Crippen LogP contribution in [-0.4, -0.2) is 11.5 Å². The summed E-state index contributed by atoms with van der Waals surface area (Å²) < 4.78 is 10.6. The molecule has 0 atom stereocenters. The van der Waals surface area contributed by atoms with Crippen molar-refractivity contribution in [3.63, 3.8) is 0 Å². The SMILES string of the molecule is c1coc(CCNc2nccc3occc23)c1. The highest BCUT2D eigenvalue weighted by molar-refractivity contribution is 5.87. The molecule has 3 aromatic rings. The summed E-state index contributed by atoms with van der Waals surface area (Å²) in [6.07, 6.45) is 5.93. The second kappa shape index (κ2) is 4.33. The molecule has 0 saturated heterocycles. The smallest absolute Gasteiger partial charge is 0.139 e. The Bertz CT molecular complexity index is 599. The molecule has 0 aliphatic carbocycles. The van der Waals surface area contributed by atoms with Crippen LogP contribution in [0.1, 0.15) is 5.76 Å². The molecule has 0 bridgehead atoms. The van der Waals surface area contributed by atoms with Gasteiger partial charge in [0.15, 0.2) is 0 Å². The first kappa shape index (κ1) is 9.96. The standard InChI is InChI=1S/C13H12N2O2/c1-2-10(16-8-1)3-6-14-13-11-5-9-17-12(11)4-7-15-13/h1-2,4-5,7-9H,3,6H2,(H,14,15). The number of nitrogens with one attached hydrogen (secondary N) is 1. The van der Waals surface area contributed by atoms with Crippen molar-refractivity contribution in [1.82, 2.24) is 4.98 Å². The highest BCUT2D eigenvalue weighted by atomic mass is 16.3. The van der Waals surface area contributed by atoms with Crippen molar-refractivity contribution in [3.05, 3.63) is 48.7 Å². The normalized spacial score (nSPS) is 10.8. The molecule has 4 nitrogen and oxygen atoms in total. The molecule has 0 amide bonds. The minimum absolute atomic E-state index is 0.783. The van der Waals surface area contributed by atoms with Crippen LogP contribution in [0.2, 0.25) is 0 Å². The lowest BCUT2D eigenvalue weighted by Gasteiger charge is -2.04. The van der Waals surface area contributed by atoms with E-state index in [9.17, 15) is 0 Å². The summed E-state index contributed by atoms with van der Waals surface area (Å²) in [7, 11) is 0. The summed E-state index contributed by atoms with van der Waals surface area (Å²) in [6, 6.07) is 7.63. The number of rotatable bonds is 4. The molecule has 86 valence electrons. The lowest BCUT2D eigenvalue weighted by Crippen LogP contribution is -2.05. The lowest BCUT2D eigenvalue weighted by atomic mass is 10.3. The third kappa shape index (κ3) is 2.01. The summed E-state index contributed by atoms with van der Waals surface area (Å²) >= 11 is 0. The molecular formula is C13H12N2O2. The van der Waals surface area contributed by atoms with Gasteiger partial charge in [0.2, 0.25) is 0 Å². The Morgan fingerprint density at radius 1 is 1.12 bits per heavy atom. The van der Waals surface area contributed by atoms with Gasteiger partial charge in [-0.1, -0.05) is 0 Å². The molecule has 0 fully saturated rings. The van der Waals surface area contributed by atoms with Crippen LogP contribution in [-0.2, 0) is 6.42 Å². The van der Waals surface area contributed by atoms with E-state index in [1.165, 1.54) is 0 Å². The predicted molar refractivity (Wildman–Crippen MR) is 64.9 cm³/mol. The van der Waals surface area contributed by atoms with E-state index in [4.69, 9.17) is 8.83 Å². The lowest BCUT2D eigenvalue weighted by molar-refractivity contribution is 0.513. The van der Waals surface area contributed by atoms with E-state index in [1.54, 1.807) is 18.7 Å². The third-order valence-corrected chi connectivity index (χ3v) is 2.62. The summed E-state index contributed by atoms with van der Waals surface area (Å²) in [5.74, 6) is 1.82. The van der Waals surface area contributed by atoms with Gasteiger partial charge in [0.1, 0.15) is 17.2 Å². The van der Waals surface area contributed by atoms with E-state index in [-0.39, 0.29) is 0 Å². The number of fused-ring (bicyclic) bond motifs is 1. The fourth-order valence-electron chi connectivity index (χ4n) is 1.79. The van der Waals surface area contributed by atoms with Crippen molar-refractivity contribution in [2.75, 3.05) is 11.9 Å². The minimum atomic E-state index is 0.783. The second-order valence-corrected chi connectivity index (χ2v) is 3.75. The van der Waals surface area contributed by atoms with Gasteiger partial charge < -0.3 is 14.2 Å². The molecule has 3 heterocycles. The Morgan fingerprint density at radius 3 is 3.00 bits per heavy atom. The molecule has 3 aromatic heterocycles. The van der Waals surface area contributed by atoms with Crippen molar-refractivity contribution in [2.45, 2.75) is 6.42 Å². The highest BCUT2D eigenvalue weighted by Crippen LogP contribution is 2.21. The zero-order chi connectivity index (χ0) is 11.5. The number of hydrogen-bond donors (Lipinski definition) is 1. The molecule has 3 rings (SSSR count). The zero-order valence-electron chi connectivity index (χ0n) is 9.22. The molecule has 0 spiro atoms. The molecule has 1 N–H and O–H groups in total. The van der Waals surface area contributed by atoms with Crippen LogP contribution < -0.4 is 5.32 Å². The number of nitrogens with zero attached hydrogens (tertiary/aromatic N) is 1. The van der Waals surface area contributed by atoms with Gasteiger partial charge >= 0.3 is 0 Å². The minimum Gasteiger partial charge on any atom is -0.469 e. The van der Waals surface area contributed by atoms with Crippen LogP contribution >= 0.6 is 0 Å². The molecule has 0 aromatic carbocycles. The van der Waals surface area contributed by atoms with E-state index in [1.807, 2.05) is 24.3 Å². The zero-order valence-corrected chi connectivity index (χ0v) is 9.22. The van der Waals surface area contributed by atoms with E-state index in [0.717, 1.165) is 35.5 Å². The average Bonchev–Trinajstić information content (AvgIpc) is 2.99. The van der Waals surface area contributed by atoms with Crippen LogP contribution in [0.15, 0.2) is 51.8 Å². The van der Waals surface area contributed by atoms with Gasteiger partial charge in [-0.3, -0.25) is 0 Å². The van der Waals surface area contributed by atoms with Gasteiger partial charge in [0, 0.05) is 19.2 Å². The molecule has 0 aliphatic rings. The number of hydrogen-bond acceptors (Lipinski definition) is 4. The number of anilines is 1. The summed E-state index contributed by atoms with van der Waals surface area (Å²) in [4.78, 5) is 4.30. The summed E-state index contributed by atoms with van der Waals surface area (Å²) in [6.45, 7) is 0.783.